The Hall–Kier alpha value is -0.0100. The maximum absolute atomic E-state index is 10.5. The van der Waals surface area contributed by atoms with Crippen LogP contribution in [0.15, 0.2) is 12.2 Å². The van der Waals surface area contributed by atoms with Crippen LogP contribution in [-0.4, -0.2) is 10.6 Å². The third-order valence-corrected chi connectivity index (χ3v) is 2.75. The first-order chi connectivity index (χ1) is 5.08. The SMILES string of the molecule is CC1CC=CC1C(Cl)(Cl)C=O. The van der Waals surface area contributed by atoms with Crippen LogP contribution in [0.2, 0.25) is 0 Å². The first-order valence-corrected chi connectivity index (χ1v) is 4.34. The highest BCUT2D eigenvalue weighted by Crippen LogP contribution is 2.39. The summed E-state index contributed by atoms with van der Waals surface area (Å²) in [6, 6.07) is 0. The molecule has 0 aromatic rings. The van der Waals surface area contributed by atoms with E-state index in [2.05, 4.69) is 0 Å². The fraction of sp³-hybridized carbons (Fsp3) is 0.625. The Labute approximate surface area is 76.4 Å². The van der Waals surface area contributed by atoms with Crippen molar-refractivity contribution in [1.82, 2.24) is 0 Å². The number of carbonyl (C=O) groups is 1. The molecule has 0 heterocycles. The van der Waals surface area contributed by atoms with Gasteiger partial charge in [-0.05, 0) is 12.3 Å². The summed E-state index contributed by atoms with van der Waals surface area (Å²) < 4.78 is -1.23. The molecule has 1 rings (SSSR count). The van der Waals surface area contributed by atoms with Gasteiger partial charge in [0, 0.05) is 5.92 Å². The molecule has 0 N–H and O–H groups in total. The lowest BCUT2D eigenvalue weighted by atomic mass is 9.94. The molecule has 0 amide bonds. The molecular weight excluding hydrogens is 183 g/mol. The molecule has 0 fully saturated rings. The summed E-state index contributed by atoms with van der Waals surface area (Å²) in [7, 11) is 0. The molecule has 1 aliphatic rings. The van der Waals surface area contributed by atoms with E-state index in [9.17, 15) is 4.79 Å². The Bertz CT molecular complexity index is 187. The first kappa shape index (κ1) is 9.08. The number of hydrogen-bond acceptors (Lipinski definition) is 1. The first-order valence-electron chi connectivity index (χ1n) is 3.58. The van der Waals surface area contributed by atoms with E-state index in [-0.39, 0.29) is 5.92 Å². The Morgan fingerprint density at radius 1 is 1.64 bits per heavy atom. The van der Waals surface area contributed by atoms with Crippen molar-refractivity contribution in [3.05, 3.63) is 12.2 Å². The Balaban J connectivity index is 2.73. The third-order valence-electron chi connectivity index (χ3n) is 2.07. The zero-order valence-corrected chi connectivity index (χ0v) is 7.77. The predicted molar refractivity (Wildman–Crippen MR) is 46.9 cm³/mol. The average Bonchev–Trinajstić information content (AvgIpc) is 2.36. The Morgan fingerprint density at radius 3 is 2.64 bits per heavy atom. The van der Waals surface area contributed by atoms with E-state index in [0.29, 0.717) is 12.2 Å². The Morgan fingerprint density at radius 2 is 2.27 bits per heavy atom. The van der Waals surface area contributed by atoms with Crippen molar-refractivity contribution in [3.8, 4) is 0 Å². The van der Waals surface area contributed by atoms with Crippen LogP contribution in [0.5, 0.6) is 0 Å². The molecule has 0 aromatic carbocycles. The summed E-state index contributed by atoms with van der Waals surface area (Å²) in [6.45, 7) is 2.04. The lowest BCUT2D eigenvalue weighted by Crippen LogP contribution is -2.28. The molecule has 1 aliphatic carbocycles. The van der Waals surface area contributed by atoms with Gasteiger partial charge in [-0.15, -0.1) is 0 Å². The minimum Gasteiger partial charge on any atom is -0.300 e. The fourth-order valence-electron chi connectivity index (χ4n) is 1.36. The predicted octanol–water partition coefficient (Wildman–Crippen LogP) is 2.57. The van der Waals surface area contributed by atoms with Gasteiger partial charge in [0.15, 0.2) is 10.6 Å². The van der Waals surface area contributed by atoms with Crippen LogP contribution in [0, 0.1) is 11.8 Å². The second-order valence-corrected chi connectivity index (χ2v) is 4.40. The van der Waals surface area contributed by atoms with Gasteiger partial charge < -0.3 is 0 Å². The topological polar surface area (TPSA) is 17.1 Å². The molecular formula is C8H10Cl2O. The van der Waals surface area contributed by atoms with Crippen LogP contribution in [0.3, 0.4) is 0 Å². The van der Waals surface area contributed by atoms with Gasteiger partial charge in [0.25, 0.3) is 0 Å². The van der Waals surface area contributed by atoms with Gasteiger partial charge in [-0.3, -0.25) is 4.79 Å². The van der Waals surface area contributed by atoms with Crippen molar-refractivity contribution in [2.45, 2.75) is 17.7 Å². The van der Waals surface area contributed by atoms with Crippen molar-refractivity contribution in [2.24, 2.45) is 11.8 Å². The molecule has 0 radical (unpaired) electrons. The zero-order chi connectivity index (χ0) is 8.48. The molecule has 62 valence electrons. The lowest BCUT2D eigenvalue weighted by molar-refractivity contribution is -0.109. The van der Waals surface area contributed by atoms with E-state index in [1.165, 1.54) is 0 Å². The number of allylic oxidation sites excluding steroid dienone is 2. The highest BCUT2D eigenvalue weighted by molar-refractivity contribution is 6.56. The molecule has 2 unspecified atom stereocenters. The molecule has 0 saturated carbocycles. The van der Waals surface area contributed by atoms with Gasteiger partial charge in [0.1, 0.15) is 0 Å². The monoisotopic (exact) mass is 192 g/mol. The van der Waals surface area contributed by atoms with Gasteiger partial charge in [-0.25, -0.2) is 0 Å². The van der Waals surface area contributed by atoms with Crippen molar-refractivity contribution in [1.29, 1.82) is 0 Å². The Kier molecular flexibility index (Phi) is 2.61. The van der Waals surface area contributed by atoms with E-state index in [1.807, 2.05) is 19.1 Å². The summed E-state index contributed by atoms with van der Waals surface area (Å²) in [5, 5.41) is 0. The quantitative estimate of drug-likeness (QED) is 0.374. The second kappa shape index (κ2) is 3.16. The van der Waals surface area contributed by atoms with E-state index >= 15 is 0 Å². The third kappa shape index (κ3) is 1.77. The van der Waals surface area contributed by atoms with Crippen molar-refractivity contribution < 1.29 is 4.79 Å². The van der Waals surface area contributed by atoms with Crippen LogP contribution >= 0.6 is 23.2 Å². The van der Waals surface area contributed by atoms with Crippen LogP contribution in [0.1, 0.15) is 13.3 Å². The molecule has 0 aromatic heterocycles. The van der Waals surface area contributed by atoms with Crippen molar-refractivity contribution in [3.63, 3.8) is 0 Å². The van der Waals surface area contributed by atoms with Gasteiger partial charge >= 0.3 is 0 Å². The number of carbonyl (C=O) groups excluding carboxylic acids is 1. The molecule has 1 nitrogen and oxygen atoms in total. The summed E-state index contributed by atoms with van der Waals surface area (Å²) >= 11 is 11.5. The highest BCUT2D eigenvalue weighted by Gasteiger charge is 2.38. The van der Waals surface area contributed by atoms with E-state index in [4.69, 9.17) is 23.2 Å². The summed E-state index contributed by atoms with van der Waals surface area (Å²) in [5.74, 6) is 0.346. The average molecular weight is 193 g/mol. The fourth-order valence-corrected chi connectivity index (χ4v) is 1.94. The van der Waals surface area contributed by atoms with E-state index in [1.54, 1.807) is 0 Å². The smallest absolute Gasteiger partial charge is 0.179 e. The van der Waals surface area contributed by atoms with Gasteiger partial charge in [-0.2, -0.15) is 0 Å². The summed E-state index contributed by atoms with van der Waals surface area (Å²) in [6.07, 6.45) is 5.49. The van der Waals surface area contributed by atoms with E-state index < -0.39 is 4.33 Å². The standard InChI is InChI=1S/C8H10Cl2O/c1-6-3-2-4-7(6)8(9,10)5-11/h2,4-7H,3H2,1H3. The molecule has 2 atom stereocenters. The maximum atomic E-state index is 10.5. The molecule has 0 aliphatic heterocycles. The number of hydrogen-bond donors (Lipinski definition) is 0. The van der Waals surface area contributed by atoms with Crippen LogP contribution in [0.25, 0.3) is 0 Å². The molecule has 0 saturated heterocycles. The van der Waals surface area contributed by atoms with Crippen molar-refractivity contribution >= 4 is 29.5 Å². The van der Waals surface area contributed by atoms with Crippen LogP contribution in [-0.2, 0) is 4.79 Å². The number of aldehydes is 1. The van der Waals surface area contributed by atoms with Gasteiger partial charge in [0.2, 0.25) is 0 Å². The van der Waals surface area contributed by atoms with Crippen LogP contribution < -0.4 is 0 Å². The van der Waals surface area contributed by atoms with Crippen molar-refractivity contribution in [2.75, 3.05) is 0 Å². The van der Waals surface area contributed by atoms with Crippen LogP contribution in [0.4, 0.5) is 0 Å². The second-order valence-electron chi connectivity index (χ2n) is 2.96. The number of alkyl halides is 2. The molecule has 11 heavy (non-hydrogen) atoms. The zero-order valence-electron chi connectivity index (χ0n) is 6.26. The number of rotatable bonds is 2. The molecule has 0 spiro atoms. The minimum atomic E-state index is -1.23. The van der Waals surface area contributed by atoms with Gasteiger partial charge in [-0.1, -0.05) is 42.3 Å². The van der Waals surface area contributed by atoms with Gasteiger partial charge in [0.05, 0.1) is 0 Å². The minimum absolute atomic E-state index is 0.0247. The maximum Gasteiger partial charge on any atom is 0.179 e. The largest absolute Gasteiger partial charge is 0.300 e. The summed E-state index contributed by atoms with van der Waals surface area (Å²) in [4.78, 5) is 10.5. The lowest BCUT2D eigenvalue weighted by Gasteiger charge is -2.23. The summed E-state index contributed by atoms with van der Waals surface area (Å²) in [5.41, 5.74) is 0. The van der Waals surface area contributed by atoms with E-state index in [0.717, 1.165) is 6.42 Å². The highest BCUT2D eigenvalue weighted by atomic mass is 35.5. The molecule has 0 bridgehead atoms. The normalized spacial score (nSPS) is 30.8. The number of halogens is 2. The molecule has 3 heteroatoms.